The molecule has 2 heterocycles. The van der Waals surface area contributed by atoms with E-state index in [9.17, 15) is 0 Å². The van der Waals surface area contributed by atoms with Crippen LogP contribution in [0, 0.1) is 0 Å². The molecule has 0 aromatic carbocycles. The van der Waals surface area contributed by atoms with Crippen molar-refractivity contribution < 1.29 is 4.74 Å². The Kier molecular flexibility index (Phi) is 4.55. The van der Waals surface area contributed by atoms with Crippen LogP contribution in [0.4, 0.5) is 11.8 Å². The van der Waals surface area contributed by atoms with Crippen molar-refractivity contribution in [2.75, 3.05) is 30.3 Å². The maximum Gasteiger partial charge on any atom is 0.224 e. The minimum atomic E-state index is 0.321. The summed E-state index contributed by atoms with van der Waals surface area (Å²) in [6, 6.07) is 1.88. The first-order valence-electron chi connectivity index (χ1n) is 6.31. The van der Waals surface area contributed by atoms with E-state index in [-0.39, 0.29) is 0 Å². The molecule has 1 saturated heterocycles. The molecule has 5 nitrogen and oxygen atoms in total. The third-order valence-electron chi connectivity index (χ3n) is 2.78. The Morgan fingerprint density at radius 3 is 3.12 bits per heavy atom. The predicted octanol–water partition coefficient (Wildman–Crippen LogP) is 1.89. The van der Waals surface area contributed by atoms with Gasteiger partial charge in [0.25, 0.3) is 0 Å². The van der Waals surface area contributed by atoms with Gasteiger partial charge in [0.15, 0.2) is 0 Å². The summed E-state index contributed by atoms with van der Waals surface area (Å²) >= 11 is 0. The fraction of sp³-hybridized carbons (Fsp3) is 0.667. The third-order valence-corrected chi connectivity index (χ3v) is 2.78. The van der Waals surface area contributed by atoms with Crippen LogP contribution in [0.1, 0.15) is 26.2 Å². The molecule has 1 aliphatic heterocycles. The molecule has 0 aliphatic carbocycles. The quantitative estimate of drug-likeness (QED) is 0.817. The van der Waals surface area contributed by atoms with E-state index in [0.29, 0.717) is 12.1 Å². The normalized spacial score (nSPS) is 19.9. The van der Waals surface area contributed by atoms with Crippen molar-refractivity contribution in [3.05, 3.63) is 12.3 Å². The van der Waals surface area contributed by atoms with E-state index in [2.05, 4.69) is 20.6 Å². The van der Waals surface area contributed by atoms with Gasteiger partial charge in [0.2, 0.25) is 5.95 Å². The lowest BCUT2D eigenvalue weighted by Crippen LogP contribution is -2.27. The first kappa shape index (κ1) is 12.1. The average Bonchev–Trinajstić information content (AvgIpc) is 2.39. The fourth-order valence-electron chi connectivity index (χ4n) is 1.89. The number of ether oxygens (including phenoxy) is 1. The summed E-state index contributed by atoms with van der Waals surface area (Å²) in [6.45, 7) is 4.57. The van der Waals surface area contributed by atoms with Crippen LogP contribution < -0.4 is 10.6 Å². The molecule has 1 aromatic rings. The predicted molar refractivity (Wildman–Crippen MR) is 68.3 cm³/mol. The molecule has 17 heavy (non-hydrogen) atoms. The second kappa shape index (κ2) is 6.39. The van der Waals surface area contributed by atoms with Gasteiger partial charge in [-0.2, -0.15) is 4.98 Å². The largest absolute Gasteiger partial charge is 0.376 e. The fourth-order valence-corrected chi connectivity index (χ4v) is 1.89. The number of aromatic nitrogens is 2. The van der Waals surface area contributed by atoms with Crippen LogP contribution in [0.25, 0.3) is 0 Å². The van der Waals surface area contributed by atoms with Crippen LogP contribution in [0.3, 0.4) is 0 Å². The highest BCUT2D eigenvalue weighted by atomic mass is 16.5. The summed E-state index contributed by atoms with van der Waals surface area (Å²) in [6.07, 6.45) is 5.67. The summed E-state index contributed by atoms with van der Waals surface area (Å²) in [5.74, 6) is 1.52. The SMILES string of the molecule is CCNc1nccc(NCC2CCCCO2)n1. The zero-order chi connectivity index (χ0) is 11.9. The van der Waals surface area contributed by atoms with Crippen molar-refractivity contribution >= 4 is 11.8 Å². The molecule has 2 rings (SSSR count). The lowest BCUT2D eigenvalue weighted by molar-refractivity contribution is 0.0247. The second-order valence-corrected chi connectivity index (χ2v) is 4.17. The number of nitrogens with one attached hydrogen (secondary N) is 2. The monoisotopic (exact) mass is 236 g/mol. The molecule has 94 valence electrons. The van der Waals surface area contributed by atoms with E-state index in [0.717, 1.165) is 31.9 Å². The van der Waals surface area contributed by atoms with Gasteiger partial charge in [0.1, 0.15) is 5.82 Å². The zero-order valence-electron chi connectivity index (χ0n) is 10.3. The number of nitrogens with zero attached hydrogens (tertiary/aromatic N) is 2. The minimum Gasteiger partial charge on any atom is -0.376 e. The van der Waals surface area contributed by atoms with E-state index in [1.54, 1.807) is 6.20 Å². The van der Waals surface area contributed by atoms with Gasteiger partial charge in [0, 0.05) is 25.9 Å². The Morgan fingerprint density at radius 2 is 2.35 bits per heavy atom. The number of anilines is 2. The van der Waals surface area contributed by atoms with Crippen molar-refractivity contribution in [3.8, 4) is 0 Å². The zero-order valence-corrected chi connectivity index (χ0v) is 10.3. The van der Waals surface area contributed by atoms with E-state index < -0.39 is 0 Å². The highest BCUT2D eigenvalue weighted by Gasteiger charge is 2.13. The number of hydrogen-bond donors (Lipinski definition) is 2. The van der Waals surface area contributed by atoms with Crippen molar-refractivity contribution in [1.29, 1.82) is 0 Å². The Hall–Kier alpha value is -1.36. The number of hydrogen-bond acceptors (Lipinski definition) is 5. The molecule has 1 fully saturated rings. The van der Waals surface area contributed by atoms with Gasteiger partial charge in [0.05, 0.1) is 6.10 Å². The number of rotatable bonds is 5. The van der Waals surface area contributed by atoms with Gasteiger partial charge < -0.3 is 15.4 Å². The van der Waals surface area contributed by atoms with Crippen LogP contribution in [0.5, 0.6) is 0 Å². The van der Waals surface area contributed by atoms with Crippen molar-refractivity contribution in [3.63, 3.8) is 0 Å². The molecule has 1 atom stereocenters. The first-order valence-corrected chi connectivity index (χ1v) is 6.31. The second-order valence-electron chi connectivity index (χ2n) is 4.17. The Morgan fingerprint density at radius 1 is 1.41 bits per heavy atom. The van der Waals surface area contributed by atoms with E-state index >= 15 is 0 Å². The molecule has 0 bridgehead atoms. The lowest BCUT2D eigenvalue weighted by Gasteiger charge is -2.22. The van der Waals surface area contributed by atoms with Crippen molar-refractivity contribution in [2.45, 2.75) is 32.3 Å². The summed E-state index contributed by atoms with van der Waals surface area (Å²) in [7, 11) is 0. The van der Waals surface area contributed by atoms with E-state index in [1.165, 1.54) is 12.8 Å². The third kappa shape index (κ3) is 3.85. The summed E-state index contributed by atoms with van der Waals surface area (Å²) in [4.78, 5) is 8.49. The Bertz CT molecular complexity index is 339. The van der Waals surface area contributed by atoms with Gasteiger partial charge >= 0.3 is 0 Å². The van der Waals surface area contributed by atoms with Crippen molar-refractivity contribution in [1.82, 2.24) is 9.97 Å². The van der Waals surface area contributed by atoms with Crippen LogP contribution in [-0.2, 0) is 4.74 Å². The van der Waals surface area contributed by atoms with Gasteiger partial charge in [-0.05, 0) is 32.3 Å². The van der Waals surface area contributed by atoms with Crippen molar-refractivity contribution in [2.24, 2.45) is 0 Å². The highest BCUT2D eigenvalue weighted by Crippen LogP contribution is 2.13. The molecule has 0 saturated carbocycles. The van der Waals surface area contributed by atoms with Gasteiger partial charge in [-0.1, -0.05) is 0 Å². The van der Waals surface area contributed by atoms with Gasteiger partial charge in [-0.25, -0.2) is 4.98 Å². The molecule has 1 unspecified atom stereocenters. The molecule has 2 N–H and O–H groups in total. The molecule has 0 amide bonds. The first-order chi connectivity index (χ1) is 8.38. The topological polar surface area (TPSA) is 59.1 Å². The molecule has 5 heteroatoms. The van der Waals surface area contributed by atoms with Crippen LogP contribution in [0.15, 0.2) is 12.3 Å². The molecule has 1 aliphatic rings. The summed E-state index contributed by atoms with van der Waals surface area (Å²) < 4.78 is 5.66. The molecular formula is C12H20N4O. The van der Waals surface area contributed by atoms with Crippen LogP contribution >= 0.6 is 0 Å². The van der Waals surface area contributed by atoms with Gasteiger partial charge in [-0.15, -0.1) is 0 Å². The van der Waals surface area contributed by atoms with Crippen LogP contribution in [0.2, 0.25) is 0 Å². The molecule has 0 radical (unpaired) electrons. The van der Waals surface area contributed by atoms with E-state index in [1.807, 2.05) is 13.0 Å². The maximum absolute atomic E-state index is 5.66. The standard InChI is InChI=1S/C12H20N4O/c1-2-13-12-14-7-6-11(16-12)15-9-10-5-3-4-8-17-10/h6-7,10H,2-5,8-9H2,1H3,(H2,13,14,15,16). The molecular weight excluding hydrogens is 216 g/mol. The maximum atomic E-state index is 5.66. The lowest BCUT2D eigenvalue weighted by atomic mass is 10.1. The van der Waals surface area contributed by atoms with E-state index in [4.69, 9.17) is 4.74 Å². The highest BCUT2D eigenvalue weighted by molar-refractivity contribution is 5.39. The average molecular weight is 236 g/mol. The Labute approximate surface area is 102 Å². The molecule has 0 spiro atoms. The Balaban J connectivity index is 1.83. The van der Waals surface area contributed by atoms with Crippen LogP contribution in [-0.4, -0.2) is 35.8 Å². The smallest absolute Gasteiger partial charge is 0.224 e. The minimum absolute atomic E-state index is 0.321. The van der Waals surface area contributed by atoms with Gasteiger partial charge in [-0.3, -0.25) is 0 Å². The molecule has 1 aromatic heterocycles. The summed E-state index contributed by atoms with van der Waals surface area (Å²) in [5, 5.41) is 6.39. The summed E-state index contributed by atoms with van der Waals surface area (Å²) in [5.41, 5.74) is 0.